The maximum atomic E-state index is 9.74. The van der Waals surface area contributed by atoms with Crippen molar-refractivity contribution in [3.05, 3.63) is 28.8 Å². The number of halogens is 1. The van der Waals surface area contributed by atoms with Gasteiger partial charge >= 0.3 is 0 Å². The van der Waals surface area contributed by atoms with Gasteiger partial charge in [-0.05, 0) is 24.1 Å². The Kier molecular flexibility index (Phi) is 4.23. The molecule has 0 spiro atoms. The van der Waals surface area contributed by atoms with Crippen molar-refractivity contribution in [2.24, 2.45) is 0 Å². The summed E-state index contributed by atoms with van der Waals surface area (Å²) < 4.78 is 5.02. The smallest absolute Gasteiger partial charge is 0.120 e. The van der Waals surface area contributed by atoms with Gasteiger partial charge < -0.3 is 9.84 Å². The normalized spacial score (nSPS) is 12.6. The summed E-state index contributed by atoms with van der Waals surface area (Å²) >= 11 is 6.00. The van der Waals surface area contributed by atoms with Gasteiger partial charge in [0, 0.05) is 0 Å². The van der Waals surface area contributed by atoms with Crippen molar-refractivity contribution in [1.29, 1.82) is 0 Å². The fraction of sp³-hybridized carbons (Fsp3) is 0.455. The molecule has 0 aliphatic rings. The van der Waals surface area contributed by atoms with Gasteiger partial charge in [0.05, 0.1) is 18.2 Å². The van der Waals surface area contributed by atoms with Crippen LogP contribution >= 0.6 is 11.6 Å². The highest BCUT2D eigenvalue weighted by molar-refractivity contribution is 6.31. The molecule has 2 nitrogen and oxygen atoms in total. The number of ether oxygens (including phenoxy) is 1. The summed E-state index contributed by atoms with van der Waals surface area (Å²) in [6.07, 6.45) is 1.19. The zero-order valence-corrected chi connectivity index (χ0v) is 9.21. The van der Waals surface area contributed by atoms with Crippen LogP contribution in [0.15, 0.2) is 18.2 Å². The molecule has 0 amide bonds. The predicted octanol–water partition coefficient (Wildman–Crippen LogP) is 3.18. The third kappa shape index (κ3) is 2.63. The minimum atomic E-state index is -0.474. The largest absolute Gasteiger partial charge is 0.497 e. The van der Waals surface area contributed by atoms with Crippen molar-refractivity contribution in [3.63, 3.8) is 0 Å². The molecule has 0 heterocycles. The third-order valence-corrected chi connectivity index (χ3v) is 2.46. The van der Waals surface area contributed by atoms with Crippen LogP contribution < -0.4 is 4.74 Å². The summed E-state index contributed by atoms with van der Waals surface area (Å²) in [4.78, 5) is 0. The number of aliphatic hydroxyl groups excluding tert-OH is 1. The number of hydrogen-bond donors (Lipinski definition) is 1. The van der Waals surface area contributed by atoms with Crippen LogP contribution in [0.5, 0.6) is 5.75 Å². The zero-order chi connectivity index (χ0) is 10.6. The van der Waals surface area contributed by atoms with E-state index >= 15 is 0 Å². The van der Waals surface area contributed by atoms with E-state index in [9.17, 15) is 5.11 Å². The van der Waals surface area contributed by atoms with Gasteiger partial charge in [-0.1, -0.05) is 31.0 Å². The van der Waals surface area contributed by atoms with E-state index in [0.29, 0.717) is 10.8 Å². The van der Waals surface area contributed by atoms with Gasteiger partial charge in [-0.3, -0.25) is 0 Å². The summed E-state index contributed by atoms with van der Waals surface area (Å²) in [7, 11) is 1.59. The Bertz CT molecular complexity index is 299. The highest BCUT2D eigenvalue weighted by Crippen LogP contribution is 2.29. The minimum absolute atomic E-state index is 0.474. The molecule has 1 atom stereocenters. The van der Waals surface area contributed by atoms with E-state index in [0.717, 1.165) is 18.4 Å². The first-order valence-corrected chi connectivity index (χ1v) is 5.08. The standard InChI is InChI=1S/C11H15ClO2/c1-3-4-11(13)9-6-5-8(14-2)7-10(9)12/h5-7,11,13H,3-4H2,1-2H3. The molecule has 0 bridgehead atoms. The molecule has 78 valence electrons. The molecule has 1 aromatic carbocycles. The van der Waals surface area contributed by atoms with E-state index in [2.05, 4.69) is 0 Å². The number of hydrogen-bond acceptors (Lipinski definition) is 2. The number of aliphatic hydroxyl groups is 1. The van der Waals surface area contributed by atoms with Gasteiger partial charge in [-0.2, -0.15) is 0 Å². The van der Waals surface area contributed by atoms with Gasteiger partial charge in [-0.15, -0.1) is 0 Å². The highest BCUT2D eigenvalue weighted by Gasteiger charge is 2.10. The lowest BCUT2D eigenvalue weighted by molar-refractivity contribution is 0.166. The molecule has 0 fully saturated rings. The summed E-state index contributed by atoms with van der Waals surface area (Å²) in [5.74, 6) is 0.711. The molecular weight excluding hydrogens is 200 g/mol. The molecule has 1 rings (SSSR count). The average molecular weight is 215 g/mol. The van der Waals surface area contributed by atoms with Crippen molar-refractivity contribution < 1.29 is 9.84 Å². The topological polar surface area (TPSA) is 29.5 Å². The first kappa shape index (κ1) is 11.3. The van der Waals surface area contributed by atoms with Crippen LogP contribution in [0.1, 0.15) is 31.4 Å². The Hall–Kier alpha value is -0.730. The lowest BCUT2D eigenvalue weighted by atomic mass is 10.1. The number of rotatable bonds is 4. The first-order chi connectivity index (χ1) is 6.69. The van der Waals surface area contributed by atoms with Crippen LogP contribution in [0, 0.1) is 0 Å². The number of methoxy groups -OCH3 is 1. The van der Waals surface area contributed by atoms with Crippen LogP contribution in [0.3, 0.4) is 0 Å². The Morgan fingerprint density at radius 3 is 2.71 bits per heavy atom. The van der Waals surface area contributed by atoms with Gasteiger partial charge in [0.2, 0.25) is 0 Å². The van der Waals surface area contributed by atoms with Gasteiger partial charge in [0.25, 0.3) is 0 Å². The first-order valence-electron chi connectivity index (χ1n) is 4.70. The van der Waals surface area contributed by atoms with Crippen molar-refractivity contribution >= 4 is 11.6 Å². The van der Waals surface area contributed by atoms with Gasteiger partial charge in [0.15, 0.2) is 0 Å². The second-order valence-electron chi connectivity index (χ2n) is 3.19. The maximum Gasteiger partial charge on any atom is 0.120 e. The molecule has 1 N–H and O–H groups in total. The summed E-state index contributed by atoms with van der Waals surface area (Å²) in [6.45, 7) is 2.03. The Balaban J connectivity index is 2.88. The molecule has 0 saturated heterocycles. The summed E-state index contributed by atoms with van der Waals surface area (Å²) in [6, 6.07) is 5.33. The lowest BCUT2D eigenvalue weighted by Gasteiger charge is -2.12. The minimum Gasteiger partial charge on any atom is -0.497 e. The summed E-state index contributed by atoms with van der Waals surface area (Å²) in [5.41, 5.74) is 0.773. The molecule has 3 heteroatoms. The maximum absolute atomic E-state index is 9.74. The molecule has 0 aliphatic heterocycles. The molecule has 0 radical (unpaired) electrons. The highest BCUT2D eigenvalue weighted by atomic mass is 35.5. The van der Waals surface area contributed by atoms with Crippen molar-refractivity contribution in [2.45, 2.75) is 25.9 Å². The quantitative estimate of drug-likeness (QED) is 0.834. The lowest BCUT2D eigenvalue weighted by Crippen LogP contribution is -1.97. The van der Waals surface area contributed by atoms with E-state index in [-0.39, 0.29) is 0 Å². The molecule has 0 aromatic heterocycles. The fourth-order valence-electron chi connectivity index (χ4n) is 1.33. The van der Waals surface area contributed by atoms with Gasteiger partial charge in [-0.25, -0.2) is 0 Å². The second-order valence-corrected chi connectivity index (χ2v) is 3.60. The molecule has 0 saturated carbocycles. The molecule has 1 aromatic rings. The SMILES string of the molecule is CCCC(O)c1ccc(OC)cc1Cl. The average Bonchev–Trinajstić information content (AvgIpc) is 2.17. The van der Waals surface area contributed by atoms with Gasteiger partial charge in [0.1, 0.15) is 5.75 Å². The zero-order valence-electron chi connectivity index (χ0n) is 8.46. The molecule has 1 unspecified atom stereocenters. The van der Waals surface area contributed by atoms with Crippen LogP contribution in [0.2, 0.25) is 5.02 Å². The predicted molar refractivity (Wildman–Crippen MR) is 57.9 cm³/mol. The van der Waals surface area contributed by atoms with Crippen LogP contribution in [0.25, 0.3) is 0 Å². The molecular formula is C11H15ClO2. The monoisotopic (exact) mass is 214 g/mol. The van der Waals surface area contributed by atoms with E-state index in [1.807, 2.05) is 13.0 Å². The van der Waals surface area contributed by atoms with E-state index < -0.39 is 6.10 Å². The van der Waals surface area contributed by atoms with Crippen molar-refractivity contribution in [2.75, 3.05) is 7.11 Å². The molecule has 0 aliphatic carbocycles. The van der Waals surface area contributed by atoms with Crippen molar-refractivity contribution in [3.8, 4) is 5.75 Å². The fourth-order valence-corrected chi connectivity index (χ4v) is 1.63. The Morgan fingerprint density at radius 2 is 2.21 bits per heavy atom. The van der Waals surface area contributed by atoms with Crippen molar-refractivity contribution in [1.82, 2.24) is 0 Å². The Morgan fingerprint density at radius 1 is 1.50 bits per heavy atom. The van der Waals surface area contributed by atoms with Crippen LogP contribution in [-0.2, 0) is 0 Å². The summed E-state index contributed by atoms with van der Waals surface area (Å²) in [5, 5.41) is 10.3. The van der Waals surface area contributed by atoms with Crippen LogP contribution in [0.4, 0.5) is 0 Å². The molecule has 14 heavy (non-hydrogen) atoms. The van der Waals surface area contributed by atoms with E-state index in [1.165, 1.54) is 0 Å². The number of benzene rings is 1. The third-order valence-electron chi connectivity index (χ3n) is 2.13. The van der Waals surface area contributed by atoms with E-state index in [1.54, 1.807) is 19.2 Å². The van der Waals surface area contributed by atoms with E-state index in [4.69, 9.17) is 16.3 Å². The van der Waals surface area contributed by atoms with Crippen LogP contribution in [-0.4, -0.2) is 12.2 Å². The Labute approximate surface area is 89.5 Å². The second kappa shape index (κ2) is 5.23.